The fraction of sp³-hybridized carbons (Fsp3) is 0.500. The van der Waals surface area contributed by atoms with Crippen LogP contribution in [0.15, 0.2) is 11.1 Å². The maximum atomic E-state index is 11.7. The lowest BCUT2D eigenvalue weighted by atomic mass is 10.4. The summed E-state index contributed by atoms with van der Waals surface area (Å²) >= 11 is 7.50. The molecular formula is C10H13ClIN3O3. The largest absolute Gasteiger partial charge is 0.385 e. The molecule has 0 bridgehead atoms. The van der Waals surface area contributed by atoms with Crippen LogP contribution in [0.4, 0.5) is 0 Å². The van der Waals surface area contributed by atoms with Crippen molar-refractivity contribution in [2.75, 3.05) is 20.3 Å². The van der Waals surface area contributed by atoms with Gasteiger partial charge in [0.15, 0.2) is 0 Å². The van der Waals surface area contributed by atoms with Gasteiger partial charge in [-0.1, -0.05) is 11.6 Å². The number of aromatic nitrogens is 2. The Morgan fingerprint density at radius 1 is 1.67 bits per heavy atom. The van der Waals surface area contributed by atoms with E-state index in [9.17, 15) is 9.59 Å². The van der Waals surface area contributed by atoms with Crippen molar-refractivity contribution in [3.63, 3.8) is 0 Å². The molecule has 0 aliphatic carbocycles. The van der Waals surface area contributed by atoms with Gasteiger partial charge in [-0.3, -0.25) is 14.2 Å². The maximum Gasteiger partial charge on any atom is 0.268 e. The van der Waals surface area contributed by atoms with Crippen molar-refractivity contribution in [2.45, 2.75) is 13.0 Å². The lowest BCUT2D eigenvalue weighted by Gasteiger charge is -2.07. The van der Waals surface area contributed by atoms with Crippen LogP contribution in [-0.4, -0.2) is 35.7 Å². The van der Waals surface area contributed by atoms with E-state index in [1.54, 1.807) is 29.7 Å². The summed E-state index contributed by atoms with van der Waals surface area (Å²) in [6, 6.07) is 0. The second-order valence-electron chi connectivity index (χ2n) is 3.48. The highest BCUT2D eigenvalue weighted by Crippen LogP contribution is 2.09. The molecule has 1 heterocycles. The Morgan fingerprint density at radius 3 is 3.06 bits per heavy atom. The van der Waals surface area contributed by atoms with Crippen LogP contribution in [0, 0.1) is 3.57 Å². The number of methoxy groups -OCH3 is 1. The van der Waals surface area contributed by atoms with Crippen LogP contribution in [0.2, 0.25) is 5.15 Å². The van der Waals surface area contributed by atoms with Gasteiger partial charge in [0.2, 0.25) is 5.91 Å². The van der Waals surface area contributed by atoms with Gasteiger partial charge in [0.05, 0.1) is 6.33 Å². The number of carbonyl (C=O) groups excluding carboxylic acids is 1. The van der Waals surface area contributed by atoms with Gasteiger partial charge in [-0.15, -0.1) is 0 Å². The number of hydrogen-bond donors (Lipinski definition) is 1. The van der Waals surface area contributed by atoms with Gasteiger partial charge in [0.1, 0.15) is 15.3 Å². The number of nitrogens with one attached hydrogen (secondary N) is 1. The number of halogens is 2. The number of hydrogen-bond acceptors (Lipinski definition) is 4. The molecule has 0 saturated heterocycles. The number of nitrogens with zero attached hydrogens (tertiary/aromatic N) is 2. The Bertz CT molecular complexity index is 478. The summed E-state index contributed by atoms with van der Waals surface area (Å²) in [5.74, 6) is -0.242. The minimum Gasteiger partial charge on any atom is -0.385 e. The van der Waals surface area contributed by atoms with Gasteiger partial charge in [-0.2, -0.15) is 0 Å². The number of carbonyl (C=O) groups is 1. The predicted octanol–water partition coefficient (Wildman–Crippen LogP) is 0.654. The zero-order chi connectivity index (χ0) is 13.5. The molecular weight excluding hydrogens is 372 g/mol. The highest BCUT2D eigenvalue weighted by atomic mass is 127. The highest BCUT2D eigenvalue weighted by molar-refractivity contribution is 14.1. The summed E-state index contributed by atoms with van der Waals surface area (Å²) in [7, 11) is 1.60. The molecule has 0 aliphatic heterocycles. The topological polar surface area (TPSA) is 73.2 Å². The average molecular weight is 386 g/mol. The van der Waals surface area contributed by atoms with Crippen LogP contribution >= 0.6 is 34.2 Å². The number of ether oxygens (including phenoxy) is 1. The van der Waals surface area contributed by atoms with Crippen molar-refractivity contribution in [3.8, 4) is 0 Å². The fourth-order valence-corrected chi connectivity index (χ4v) is 1.78. The zero-order valence-corrected chi connectivity index (χ0v) is 12.7. The molecule has 0 radical (unpaired) electrons. The van der Waals surface area contributed by atoms with Crippen LogP contribution in [0.1, 0.15) is 6.42 Å². The fourth-order valence-electron chi connectivity index (χ4n) is 1.21. The molecule has 0 fully saturated rings. The van der Waals surface area contributed by atoms with E-state index in [1.165, 1.54) is 10.9 Å². The van der Waals surface area contributed by atoms with Gasteiger partial charge >= 0.3 is 0 Å². The average Bonchev–Trinajstić information content (AvgIpc) is 2.35. The molecule has 0 unspecified atom stereocenters. The summed E-state index contributed by atoms with van der Waals surface area (Å²) in [5, 5.41) is 2.84. The summed E-state index contributed by atoms with van der Waals surface area (Å²) in [6.07, 6.45) is 2.00. The molecule has 0 aromatic carbocycles. The van der Waals surface area contributed by atoms with E-state index in [0.717, 1.165) is 6.42 Å². The highest BCUT2D eigenvalue weighted by Gasteiger charge is 2.09. The quantitative estimate of drug-likeness (QED) is 0.443. The van der Waals surface area contributed by atoms with Gasteiger partial charge < -0.3 is 10.1 Å². The molecule has 1 rings (SSSR count). The first kappa shape index (κ1) is 15.4. The lowest BCUT2D eigenvalue weighted by Crippen LogP contribution is -2.34. The van der Waals surface area contributed by atoms with Gasteiger partial charge in [0.25, 0.3) is 5.56 Å². The first-order valence-electron chi connectivity index (χ1n) is 5.22. The minimum atomic E-state index is -0.317. The van der Waals surface area contributed by atoms with Gasteiger partial charge in [0, 0.05) is 20.3 Å². The standard InChI is InChI=1S/C10H13ClIN3O3/c1-18-4-2-3-13-7(16)5-15-6-14-9(11)8(12)10(15)17/h6H,2-5H2,1H3,(H,13,16). The van der Waals surface area contributed by atoms with Crippen LogP contribution in [0.5, 0.6) is 0 Å². The third-order valence-corrected chi connectivity index (χ3v) is 3.68. The van der Waals surface area contributed by atoms with Crippen molar-refractivity contribution in [2.24, 2.45) is 0 Å². The monoisotopic (exact) mass is 385 g/mol. The molecule has 0 aliphatic rings. The van der Waals surface area contributed by atoms with Gasteiger partial charge in [-0.25, -0.2) is 4.98 Å². The molecule has 6 nitrogen and oxygen atoms in total. The van der Waals surface area contributed by atoms with Crippen LogP contribution in [0.3, 0.4) is 0 Å². The Balaban J connectivity index is 2.55. The third kappa shape index (κ3) is 4.54. The van der Waals surface area contributed by atoms with Crippen LogP contribution in [-0.2, 0) is 16.1 Å². The van der Waals surface area contributed by atoms with E-state index in [2.05, 4.69) is 10.3 Å². The zero-order valence-electron chi connectivity index (χ0n) is 9.78. The van der Waals surface area contributed by atoms with E-state index in [4.69, 9.17) is 16.3 Å². The number of rotatable bonds is 6. The molecule has 0 spiro atoms. The molecule has 100 valence electrons. The first-order valence-corrected chi connectivity index (χ1v) is 6.68. The number of amides is 1. The molecule has 1 amide bonds. The van der Waals surface area contributed by atoms with E-state index < -0.39 is 0 Å². The molecule has 0 saturated carbocycles. The summed E-state index contributed by atoms with van der Waals surface area (Å²) in [6.45, 7) is 1.03. The lowest BCUT2D eigenvalue weighted by molar-refractivity contribution is -0.121. The second-order valence-corrected chi connectivity index (χ2v) is 4.92. The van der Waals surface area contributed by atoms with Crippen LogP contribution < -0.4 is 10.9 Å². The van der Waals surface area contributed by atoms with Crippen molar-refractivity contribution in [1.29, 1.82) is 0 Å². The van der Waals surface area contributed by atoms with Crippen LogP contribution in [0.25, 0.3) is 0 Å². The van der Waals surface area contributed by atoms with Crippen molar-refractivity contribution in [3.05, 3.63) is 25.4 Å². The summed E-state index contributed by atoms with van der Waals surface area (Å²) in [4.78, 5) is 27.1. The second kappa shape index (κ2) is 7.70. The molecule has 1 aromatic heterocycles. The molecule has 8 heteroatoms. The van der Waals surface area contributed by atoms with E-state index in [0.29, 0.717) is 16.7 Å². The molecule has 1 aromatic rings. The van der Waals surface area contributed by atoms with Crippen molar-refractivity contribution >= 4 is 40.1 Å². The summed E-state index contributed by atoms with van der Waals surface area (Å²) in [5.41, 5.74) is -0.317. The van der Waals surface area contributed by atoms with Crippen molar-refractivity contribution in [1.82, 2.24) is 14.9 Å². The molecule has 18 heavy (non-hydrogen) atoms. The Kier molecular flexibility index (Phi) is 6.58. The first-order chi connectivity index (χ1) is 8.56. The summed E-state index contributed by atoms with van der Waals surface area (Å²) < 4.78 is 6.39. The SMILES string of the molecule is COCCCNC(=O)Cn1cnc(Cl)c(I)c1=O. The third-order valence-electron chi connectivity index (χ3n) is 2.10. The smallest absolute Gasteiger partial charge is 0.268 e. The Morgan fingerprint density at radius 2 is 2.39 bits per heavy atom. The predicted molar refractivity (Wildman–Crippen MR) is 75.7 cm³/mol. The van der Waals surface area contributed by atoms with Gasteiger partial charge in [-0.05, 0) is 29.0 Å². The van der Waals surface area contributed by atoms with E-state index >= 15 is 0 Å². The van der Waals surface area contributed by atoms with E-state index in [1.807, 2.05) is 0 Å². The van der Waals surface area contributed by atoms with E-state index in [-0.39, 0.29) is 23.2 Å². The molecule has 1 N–H and O–H groups in total. The van der Waals surface area contributed by atoms with Crippen molar-refractivity contribution < 1.29 is 9.53 Å². The maximum absolute atomic E-state index is 11.7. The Hall–Kier alpha value is -0.670. The normalized spacial score (nSPS) is 10.4. The minimum absolute atomic E-state index is 0.0635. The molecule has 0 atom stereocenters. The Labute approximate surface area is 123 Å².